The topological polar surface area (TPSA) is 109 Å². The molecule has 0 aliphatic carbocycles. The van der Waals surface area contributed by atoms with Crippen molar-refractivity contribution in [1.29, 1.82) is 0 Å². The number of aryl methyl sites for hydroxylation is 4. The third kappa shape index (κ3) is 6.14. The van der Waals surface area contributed by atoms with Gasteiger partial charge in [0.2, 0.25) is 0 Å². The van der Waals surface area contributed by atoms with Gasteiger partial charge in [-0.05, 0) is 94.5 Å². The second-order valence-corrected chi connectivity index (χ2v) is 17.8. The van der Waals surface area contributed by atoms with E-state index in [9.17, 15) is 0 Å². The van der Waals surface area contributed by atoms with E-state index in [0.29, 0.717) is 45.9 Å². The number of H-pyrrole nitrogens is 2. The fraction of sp³-hybridized carbons (Fsp3) is 0.0667. The van der Waals surface area contributed by atoms with Crippen molar-refractivity contribution < 1.29 is 0 Å². The van der Waals surface area contributed by atoms with Crippen molar-refractivity contribution >= 4 is 44.1 Å². The average molecular weight is 875 g/mol. The Morgan fingerprint density at radius 3 is 0.926 bits per heavy atom. The molecule has 0 spiro atoms. The van der Waals surface area contributed by atoms with Crippen LogP contribution in [0.15, 0.2) is 170 Å². The highest BCUT2D eigenvalue weighted by Crippen LogP contribution is 2.46. The quantitative estimate of drug-likeness (QED) is 0.182. The summed E-state index contributed by atoms with van der Waals surface area (Å²) in [5.74, 6) is 2.22. The van der Waals surface area contributed by atoms with Crippen LogP contribution in [-0.4, -0.2) is 39.9 Å². The lowest BCUT2D eigenvalue weighted by Gasteiger charge is -2.11. The molecule has 0 amide bonds. The number of hydrogen-bond acceptors (Lipinski definition) is 6. The van der Waals surface area contributed by atoms with Crippen LogP contribution >= 0.6 is 0 Å². The van der Waals surface area contributed by atoms with E-state index in [4.69, 9.17) is 29.9 Å². The van der Waals surface area contributed by atoms with Crippen LogP contribution in [0, 0.1) is 27.7 Å². The summed E-state index contributed by atoms with van der Waals surface area (Å²) in [6, 6.07) is 59.4. The van der Waals surface area contributed by atoms with Gasteiger partial charge >= 0.3 is 0 Å². The van der Waals surface area contributed by atoms with Crippen LogP contribution in [-0.2, 0) is 0 Å². The molecule has 0 radical (unpaired) electrons. The molecule has 0 fully saturated rings. The van der Waals surface area contributed by atoms with E-state index in [1.807, 2.05) is 0 Å². The molecule has 2 aliphatic heterocycles. The third-order valence-corrected chi connectivity index (χ3v) is 13.7. The summed E-state index contributed by atoms with van der Waals surface area (Å²) in [5, 5.41) is 3.72. The Hall–Kier alpha value is -8.88. The summed E-state index contributed by atoms with van der Waals surface area (Å²) >= 11 is 0. The van der Waals surface area contributed by atoms with Gasteiger partial charge in [-0.2, -0.15) is 0 Å². The molecule has 0 saturated carbocycles. The summed E-state index contributed by atoms with van der Waals surface area (Å²) in [4.78, 5) is 40.4. The average Bonchev–Trinajstić information content (AvgIpc) is 4.10. The third-order valence-electron chi connectivity index (χ3n) is 13.7. The predicted molar refractivity (Wildman–Crippen MR) is 277 cm³/mol. The number of nitrogens with one attached hydrogen (secondary N) is 2. The second kappa shape index (κ2) is 15.4. The molecule has 3 aromatic heterocycles. The monoisotopic (exact) mass is 874 g/mol. The van der Waals surface area contributed by atoms with Crippen molar-refractivity contribution in [3.05, 3.63) is 192 Å². The SMILES string of the molecule is Cc1ccccc1-c1cccc2c1-c1nc-2nc2[nH]c(nc3nc(nc4[nH]c(n1)c1cccc(-c5ccccc5C)c41)-c1cccc(-c4ccccc4C)c1-3)c1cccc(-c3ccccc3C)c21. The highest BCUT2D eigenvalue weighted by Gasteiger charge is 2.28. The number of benzene rings is 8. The van der Waals surface area contributed by atoms with Gasteiger partial charge in [0.05, 0.1) is 0 Å². The van der Waals surface area contributed by atoms with Gasteiger partial charge in [0, 0.05) is 43.8 Å². The van der Waals surface area contributed by atoms with Gasteiger partial charge in [0.25, 0.3) is 0 Å². The number of aromatic amines is 2. The van der Waals surface area contributed by atoms with Crippen LogP contribution in [0.1, 0.15) is 22.3 Å². The Balaban J connectivity index is 1.23. The Morgan fingerprint density at radius 2 is 0.544 bits per heavy atom. The second-order valence-electron chi connectivity index (χ2n) is 17.8. The molecule has 8 aromatic carbocycles. The summed E-state index contributed by atoms with van der Waals surface area (Å²) in [7, 11) is 0. The highest BCUT2D eigenvalue weighted by atomic mass is 15.1. The van der Waals surface area contributed by atoms with Crippen molar-refractivity contribution in [3.63, 3.8) is 0 Å². The Labute approximate surface area is 392 Å². The molecule has 0 unspecified atom stereocenters. The largest absolute Gasteiger partial charge is 0.324 e. The summed E-state index contributed by atoms with van der Waals surface area (Å²) in [6.45, 7) is 8.59. The van der Waals surface area contributed by atoms with E-state index in [0.717, 1.165) is 111 Å². The zero-order valence-electron chi connectivity index (χ0n) is 37.8. The highest BCUT2D eigenvalue weighted by molar-refractivity contribution is 6.14. The van der Waals surface area contributed by atoms with Crippen LogP contribution < -0.4 is 0 Å². The fourth-order valence-electron chi connectivity index (χ4n) is 10.4. The van der Waals surface area contributed by atoms with E-state index in [1.165, 1.54) is 0 Å². The molecule has 8 heteroatoms. The molecule has 2 N–H and O–H groups in total. The van der Waals surface area contributed by atoms with Crippen LogP contribution in [0.4, 0.5) is 0 Å². The number of fused-ring (bicyclic) bond motifs is 20. The maximum atomic E-state index is 5.53. The van der Waals surface area contributed by atoms with Gasteiger partial charge in [-0.1, -0.05) is 170 Å². The molecule has 0 atom stereocenters. The van der Waals surface area contributed by atoms with Gasteiger partial charge < -0.3 is 9.97 Å². The number of hydrogen-bond donors (Lipinski definition) is 2. The predicted octanol–water partition coefficient (Wildman–Crippen LogP) is 14.8. The van der Waals surface area contributed by atoms with Crippen molar-refractivity contribution in [2.45, 2.75) is 27.7 Å². The van der Waals surface area contributed by atoms with Crippen molar-refractivity contribution in [2.24, 2.45) is 0 Å². The van der Waals surface area contributed by atoms with E-state index in [-0.39, 0.29) is 0 Å². The van der Waals surface area contributed by atoms with Gasteiger partial charge in [0.15, 0.2) is 23.3 Å². The minimum Gasteiger partial charge on any atom is -0.324 e. The maximum absolute atomic E-state index is 5.53. The van der Waals surface area contributed by atoms with Crippen LogP contribution in [0.25, 0.3) is 134 Å². The Bertz CT molecular complexity index is 3840. The lowest BCUT2D eigenvalue weighted by Crippen LogP contribution is -1.90. The minimum absolute atomic E-state index is 0.554. The zero-order chi connectivity index (χ0) is 45.6. The van der Waals surface area contributed by atoms with E-state index >= 15 is 0 Å². The molecule has 5 heterocycles. The standard InChI is InChI=1S/C60H42N8/c1-33-17-5-9-21-37(33)41-25-13-29-45-49(41)57-61-53(45)66-58-51-43(39-23-11-7-19-35(39)3)27-15-31-47(51)55(63-58)68-60-52-44(40-24-12-8-20-36(40)4)28-16-32-48(52)56(64-60)67-59-50-42(38-22-10-6-18-34(38)2)26-14-30-46(50)54(62-59)65-57/h5-32H,1-4H3,(H2,61,62,63,64,65,66,67,68). The number of nitrogens with zero attached hydrogens (tertiary/aromatic N) is 6. The number of aromatic nitrogens is 8. The van der Waals surface area contributed by atoms with Gasteiger partial charge in [-0.15, -0.1) is 0 Å². The molecule has 322 valence electrons. The van der Waals surface area contributed by atoms with E-state index in [1.54, 1.807) is 0 Å². The molecule has 2 aliphatic rings. The minimum atomic E-state index is 0.554. The van der Waals surface area contributed by atoms with Crippen molar-refractivity contribution in [2.75, 3.05) is 0 Å². The molecule has 11 aromatic rings. The Kier molecular flexibility index (Phi) is 8.92. The first kappa shape index (κ1) is 39.5. The van der Waals surface area contributed by atoms with Gasteiger partial charge in [-0.25, -0.2) is 29.9 Å². The molecular formula is C60H42N8. The molecular weight excluding hydrogens is 833 g/mol. The molecule has 0 saturated heterocycles. The van der Waals surface area contributed by atoms with Crippen LogP contribution in [0.3, 0.4) is 0 Å². The lowest BCUT2D eigenvalue weighted by molar-refractivity contribution is 1.19. The summed E-state index contributed by atoms with van der Waals surface area (Å²) in [6.07, 6.45) is 0. The first-order chi connectivity index (χ1) is 33.4. The molecule has 68 heavy (non-hydrogen) atoms. The van der Waals surface area contributed by atoms with E-state index in [2.05, 4.69) is 208 Å². The first-order valence-electron chi connectivity index (χ1n) is 23.0. The Morgan fingerprint density at radius 1 is 0.250 bits per heavy atom. The zero-order valence-corrected chi connectivity index (χ0v) is 37.8. The molecule has 13 rings (SSSR count). The van der Waals surface area contributed by atoms with Gasteiger partial charge in [-0.3, -0.25) is 0 Å². The molecule has 8 nitrogen and oxygen atoms in total. The first-order valence-corrected chi connectivity index (χ1v) is 23.0. The van der Waals surface area contributed by atoms with Gasteiger partial charge in [0.1, 0.15) is 22.6 Å². The molecule has 8 bridgehead atoms. The summed E-state index contributed by atoms with van der Waals surface area (Å²) < 4.78 is 0. The van der Waals surface area contributed by atoms with Crippen molar-refractivity contribution in [1.82, 2.24) is 39.9 Å². The fourth-order valence-corrected chi connectivity index (χ4v) is 10.4. The van der Waals surface area contributed by atoms with E-state index < -0.39 is 0 Å². The maximum Gasteiger partial charge on any atom is 0.165 e. The van der Waals surface area contributed by atoms with Crippen molar-refractivity contribution in [3.8, 4) is 90.1 Å². The van der Waals surface area contributed by atoms with Crippen LogP contribution in [0.2, 0.25) is 0 Å². The number of rotatable bonds is 4. The summed E-state index contributed by atoms with van der Waals surface area (Å²) in [5.41, 5.74) is 19.4. The lowest BCUT2D eigenvalue weighted by atomic mass is 9.93. The normalized spacial score (nSPS) is 11.8. The smallest absolute Gasteiger partial charge is 0.165 e. The van der Waals surface area contributed by atoms with Crippen LogP contribution in [0.5, 0.6) is 0 Å².